The average molecular weight is 339 g/mol. The van der Waals surface area contributed by atoms with Crippen molar-refractivity contribution in [1.82, 2.24) is 9.88 Å². The first-order chi connectivity index (χ1) is 9.21. The Balaban J connectivity index is 1.73. The zero-order chi connectivity index (χ0) is 13.4. The first-order valence-corrected chi connectivity index (χ1v) is 8.62. The second-order valence-corrected chi connectivity index (χ2v) is 7.19. The lowest BCUT2D eigenvalue weighted by atomic mass is 9.79. The molecule has 2 nitrogen and oxygen atoms in total. The summed E-state index contributed by atoms with van der Waals surface area (Å²) < 4.78 is 2.44. The smallest absolute Gasteiger partial charge is 0.0970 e. The fraction of sp³-hybridized carbons (Fsp3) is 0.533. The fourth-order valence-electron chi connectivity index (χ4n) is 2.92. The van der Waals surface area contributed by atoms with Gasteiger partial charge in [0.25, 0.3) is 0 Å². The highest BCUT2D eigenvalue weighted by atomic mass is 79.9. The Morgan fingerprint density at radius 1 is 1.32 bits per heavy atom. The summed E-state index contributed by atoms with van der Waals surface area (Å²) in [5.74, 6) is 0.682. The lowest BCUT2D eigenvalue weighted by molar-refractivity contribution is 0.120. The monoisotopic (exact) mass is 338 g/mol. The predicted octanol–water partition coefficient (Wildman–Crippen LogP) is 4.65. The normalized spacial score (nSPS) is 22.9. The fourth-order valence-corrected chi connectivity index (χ4v) is 4.56. The molecule has 0 spiro atoms. The van der Waals surface area contributed by atoms with Gasteiger partial charge in [-0.3, -0.25) is 0 Å². The molecule has 1 fully saturated rings. The van der Waals surface area contributed by atoms with E-state index in [2.05, 4.69) is 52.9 Å². The van der Waals surface area contributed by atoms with E-state index < -0.39 is 0 Å². The predicted molar refractivity (Wildman–Crippen MR) is 86.0 cm³/mol. The summed E-state index contributed by atoms with van der Waals surface area (Å²) in [5.41, 5.74) is 1.15. The van der Waals surface area contributed by atoms with Crippen LogP contribution in [0.1, 0.15) is 37.6 Å². The molecule has 0 unspecified atom stereocenters. The molecular weight excluding hydrogens is 320 g/mol. The summed E-state index contributed by atoms with van der Waals surface area (Å²) >= 11 is 5.39. The van der Waals surface area contributed by atoms with Gasteiger partial charge in [0.1, 0.15) is 0 Å². The van der Waals surface area contributed by atoms with Gasteiger partial charge in [0.05, 0.1) is 15.2 Å². The van der Waals surface area contributed by atoms with E-state index in [0.717, 1.165) is 16.0 Å². The highest BCUT2D eigenvalue weighted by molar-refractivity contribution is 9.10. The van der Waals surface area contributed by atoms with Gasteiger partial charge < -0.3 is 4.90 Å². The van der Waals surface area contributed by atoms with Crippen LogP contribution in [0.15, 0.2) is 22.7 Å². The standard InChI is InChI=1S/C15H19BrN2S/c1-3-18(4-2)12-7-10(8-12)15-17-13-6-5-11(16)9-14(13)19-15/h5-6,9-10,12H,3-4,7-8H2,1-2H3. The Hall–Kier alpha value is -0.450. The van der Waals surface area contributed by atoms with E-state index in [-0.39, 0.29) is 0 Å². The van der Waals surface area contributed by atoms with Crippen molar-refractivity contribution < 1.29 is 0 Å². The largest absolute Gasteiger partial charge is 0.301 e. The average Bonchev–Trinajstić information content (AvgIpc) is 2.75. The number of nitrogens with zero attached hydrogens (tertiary/aromatic N) is 2. The molecule has 1 aromatic carbocycles. The molecule has 102 valence electrons. The Bertz CT molecular complexity index is 571. The third-order valence-corrected chi connectivity index (χ3v) is 5.83. The van der Waals surface area contributed by atoms with Gasteiger partial charge in [0.15, 0.2) is 0 Å². The van der Waals surface area contributed by atoms with Crippen LogP contribution in [0, 0.1) is 0 Å². The van der Waals surface area contributed by atoms with Crippen molar-refractivity contribution >= 4 is 37.5 Å². The van der Waals surface area contributed by atoms with Crippen molar-refractivity contribution in [3.8, 4) is 0 Å². The van der Waals surface area contributed by atoms with E-state index in [1.54, 1.807) is 0 Å². The summed E-state index contributed by atoms with van der Waals surface area (Å²) in [5, 5.41) is 1.33. The van der Waals surface area contributed by atoms with Gasteiger partial charge in [0.2, 0.25) is 0 Å². The summed E-state index contributed by atoms with van der Waals surface area (Å²) in [7, 11) is 0. The minimum absolute atomic E-state index is 0.682. The number of fused-ring (bicyclic) bond motifs is 1. The maximum atomic E-state index is 4.80. The van der Waals surface area contributed by atoms with Crippen LogP contribution < -0.4 is 0 Å². The molecular formula is C15H19BrN2S. The molecule has 19 heavy (non-hydrogen) atoms. The van der Waals surface area contributed by atoms with Crippen molar-refractivity contribution in [3.05, 3.63) is 27.7 Å². The van der Waals surface area contributed by atoms with Crippen molar-refractivity contribution in [2.24, 2.45) is 0 Å². The highest BCUT2D eigenvalue weighted by Gasteiger charge is 2.35. The number of halogens is 1. The van der Waals surface area contributed by atoms with E-state index in [1.807, 2.05) is 11.3 Å². The molecule has 0 N–H and O–H groups in total. The minimum atomic E-state index is 0.682. The molecule has 1 aliphatic carbocycles. The molecule has 0 radical (unpaired) electrons. The van der Waals surface area contributed by atoms with Gasteiger partial charge >= 0.3 is 0 Å². The lowest BCUT2D eigenvalue weighted by Gasteiger charge is -2.41. The van der Waals surface area contributed by atoms with Crippen molar-refractivity contribution in [1.29, 1.82) is 0 Å². The molecule has 1 aliphatic rings. The van der Waals surface area contributed by atoms with Crippen LogP contribution in [0.2, 0.25) is 0 Å². The highest BCUT2D eigenvalue weighted by Crippen LogP contribution is 2.42. The summed E-state index contributed by atoms with van der Waals surface area (Å²) in [6, 6.07) is 7.14. The first-order valence-electron chi connectivity index (χ1n) is 7.01. The molecule has 0 aliphatic heterocycles. The van der Waals surface area contributed by atoms with E-state index in [0.29, 0.717) is 5.92 Å². The van der Waals surface area contributed by atoms with Gasteiger partial charge in [-0.1, -0.05) is 29.8 Å². The molecule has 0 atom stereocenters. The Labute approximate surface area is 127 Å². The quantitative estimate of drug-likeness (QED) is 0.806. The lowest BCUT2D eigenvalue weighted by Crippen LogP contribution is -2.43. The maximum Gasteiger partial charge on any atom is 0.0970 e. The zero-order valence-corrected chi connectivity index (χ0v) is 13.8. The first kappa shape index (κ1) is 13.5. The number of rotatable bonds is 4. The van der Waals surface area contributed by atoms with Crippen LogP contribution in [0.25, 0.3) is 10.2 Å². The summed E-state index contributed by atoms with van der Waals surface area (Å²) in [6.07, 6.45) is 2.56. The summed E-state index contributed by atoms with van der Waals surface area (Å²) in [6.45, 7) is 6.85. The van der Waals surface area contributed by atoms with E-state index >= 15 is 0 Å². The maximum absolute atomic E-state index is 4.80. The number of benzene rings is 1. The summed E-state index contributed by atoms with van der Waals surface area (Å²) in [4.78, 5) is 7.37. The molecule has 4 heteroatoms. The van der Waals surface area contributed by atoms with Crippen LogP contribution in [0.5, 0.6) is 0 Å². The van der Waals surface area contributed by atoms with Crippen molar-refractivity contribution in [2.75, 3.05) is 13.1 Å². The molecule has 1 aromatic heterocycles. The second kappa shape index (κ2) is 5.51. The van der Waals surface area contributed by atoms with Crippen LogP contribution in [0.4, 0.5) is 0 Å². The van der Waals surface area contributed by atoms with Crippen molar-refractivity contribution in [2.45, 2.75) is 38.6 Å². The molecule has 1 saturated carbocycles. The van der Waals surface area contributed by atoms with E-state index in [4.69, 9.17) is 4.98 Å². The Kier molecular flexibility index (Phi) is 3.92. The van der Waals surface area contributed by atoms with Gasteiger partial charge in [-0.05, 0) is 44.1 Å². The molecule has 0 amide bonds. The molecule has 0 saturated heterocycles. The number of aromatic nitrogens is 1. The SMILES string of the molecule is CCN(CC)C1CC(c2nc3ccc(Br)cc3s2)C1. The number of hydrogen-bond donors (Lipinski definition) is 0. The number of hydrogen-bond acceptors (Lipinski definition) is 3. The Morgan fingerprint density at radius 3 is 2.74 bits per heavy atom. The second-order valence-electron chi connectivity index (χ2n) is 5.21. The van der Waals surface area contributed by atoms with Gasteiger partial charge in [-0.2, -0.15) is 0 Å². The Morgan fingerprint density at radius 2 is 2.05 bits per heavy atom. The van der Waals surface area contributed by atoms with Gasteiger partial charge in [0, 0.05) is 16.4 Å². The zero-order valence-electron chi connectivity index (χ0n) is 11.4. The van der Waals surface area contributed by atoms with Gasteiger partial charge in [-0.15, -0.1) is 11.3 Å². The molecule has 0 bridgehead atoms. The van der Waals surface area contributed by atoms with E-state index in [1.165, 1.54) is 35.6 Å². The third-order valence-electron chi connectivity index (χ3n) is 4.16. The van der Waals surface area contributed by atoms with E-state index in [9.17, 15) is 0 Å². The molecule has 1 heterocycles. The molecule has 3 rings (SSSR count). The topological polar surface area (TPSA) is 16.1 Å². The van der Waals surface area contributed by atoms with Crippen LogP contribution >= 0.6 is 27.3 Å². The number of thiazole rings is 1. The van der Waals surface area contributed by atoms with Crippen LogP contribution in [0.3, 0.4) is 0 Å². The van der Waals surface area contributed by atoms with Gasteiger partial charge in [-0.25, -0.2) is 4.98 Å². The van der Waals surface area contributed by atoms with Crippen molar-refractivity contribution in [3.63, 3.8) is 0 Å². The van der Waals surface area contributed by atoms with Crippen LogP contribution in [-0.2, 0) is 0 Å². The molecule has 2 aromatic rings. The minimum Gasteiger partial charge on any atom is -0.301 e. The third kappa shape index (κ3) is 2.58. The van der Waals surface area contributed by atoms with Crippen LogP contribution in [-0.4, -0.2) is 29.0 Å².